The molecule has 0 saturated heterocycles. The molecule has 0 aliphatic carbocycles. The van der Waals surface area contributed by atoms with Crippen molar-refractivity contribution in [3.63, 3.8) is 0 Å². The molecule has 1 heterocycles. The molecule has 0 atom stereocenters. The first-order valence-electron chi connectivity index (χ1n) is 8.78. The van der Waals surface area contributed by atoms with E-state index >= 15 is 0 Å². The summed E-state index contributed by atoms with van der Waals surface area (Å²) < 4.78 is 27.1. The lowest BCUT2D eigenvalue weighted by atomic mass is 10.0. The van der Waals surface area contributed by atoms with Crippen molar-refractivity contribution >= 4 is 26.5 Å². The summed E-state index contributed by atoms with van der Waals surface area (Å²) in [5.41, 5.74) is 1.97. The number of carbonyl (C=O) groups is 1. The highest BCUT2D eigenvalue weighted by molar-refractivity contribution is 7.91. The Morgan fingerprint density at radius 2 is 1.46 bits per heavy atom. The van der Waals surface area contributed by atoms with Gasteiger partial charge in [0.1, 0.15) is 0 Å². The first kappa shape index (κ1) is 18.1. The van der Waals surface area contributed by atoms with Crippen molar-refractivity contribution in [1.82, 2.24) is 4.98 Å². The molecular weight excluding hydrogens is 370 g/mol. The molecule has 0 bridgehead atoms. The van der Waals surface area contributed by atoms with Gasteiger partial charge in [0.25, 0.3) is 0 Å². The fourth-order valence-corrected chi connectivity index (χ4v) is 4.77. The smallest absolute Gasteiger partial charge is 0.208 e. The number of pyridine rings is 1. The Bertz CT molecular complexity index is 1280. The van der Waals surface area contributed by atoms with E-state index in [9.17, 15) is 13.2 Å². The van der Waals surface area contributed by atoms with Crippen LogP contribution in [0.25, 0.3) is 10.9 Å². The van der Waals surface area contributed by atoms with Crippen LogP contribution in [0.15, 0.2) is 94.9 Å². The summed E-state index contributed by atoms with van der Waals surface area (Å²) in [5, 5.41) is 0.435. The van der Waals surface area contributed by atoms with Crippen molar-refractivity contribution in [3.05, 3.63) is 102 Å². The molecule has 28 heavy (non-hydrogen) atoms. The number of fused-ring (bicyclic) bond motifs is 1. The Morgan fingerprint density at radius 3 is 2.18 bits per heavy atom. The maximum absolute atomic E-state index is 13.5. The zero-order valence-electron chi connectivity index (χ0n) is 15.2. The number of aromatic nitrogens is 1. The van der Waals surface area contributed by atoms with Gasteiger partial charge in [0.2, 0.25) is 9.84 Å². The second kappa shape index (κ2) is 7.02. The van der Waals surface area contributed by atoms with Gasteiger partial charge < -0.3 is 0 Å². The maximum atomic E-state index is 13.5. The summed E-state index contributed by atoms with van der Waals surface area (Å²) >= 11 is 0. The van der Waals surface area contributed by atoms with Gasteiger partial charge in [-0.15, -0.1) is 0 Å². The molecule has 0 fully saturated rings. The highest BCUT2D eigenvalue weighted by Crippen LogP contribution is 2.32. The number of hydrogen-bond donors (Lipinski definition) is 0. The van der Waals surface area contributed by atoms with Gasteiger partial charge in [0, 0.05) is 17.1 Å². The van der Waals surface area contributed by atoms with Crippen molar-refractivity contribution in [2.75, 3.05) is 0 Å². The van der Waals surface area contributed by atoms with Crippen LogP contribution in [0.3, 0.4) is 0 Å². The minimum atomic E-state index is -3.93. The number of aryl methyl sites for hydroxylation is 1. The third-order valence-corrected chi connectivity index (χ3v) is 6.48. The number of sulfone groups is 1. The highest BCUT2D eigenvalue weighted by atomic mass is 32.2. The van der Waals surface area contributed by atoms with E-state index in [0.29, 0.717) is 16.5 Å². The predicted molar refractivity (Wildman–Crippen MR) is 108 cm³/mol. The number of nitrogens with zero attached hydrogens (tertiary/aromatic N) is 1. The van der Waals surface area contributed by atoms with E-state index in [2.05, 4.69) is 4.98 Å². The standard InChI is InChI=1S/C23H17NO3S/c1-16-11-13-18(14-12-16)28(26,27)23-19-9-5-6-10-21(19)24-15-20(23)22(25)17-7-3-2-4-8-17/h2-15H,1H3. The summed E-state index contributed by atoms with van der Waals surface area (Å²) in [6, 6.07) is 22.2. The molecule has 4 nitrogen and oxygen atoms in total. The van der Waals surface area contributed by atoms with Crippen LogP contribution < -0.4 is 0 Å². The van der Waals surface area contributed by atoms with Crippen molar-refractivity contribution in [2.45, 2.75) is 16.7 Å². The fourth-order valence-electron chi connectivity index (χ4n) is 3.15. The van der Waals surface area contributed by atoms with Gasteiger partial charge >= 0.3 is 0 Å². The molecule has 0 saturated carbocycles. The van der Waals surface area contributed by atoms with Crippen LogP contribution in [-0.2, 0) is 9.84 Å². The minimum Gasteiger partial charge on any atom is -0.289 e. The lowest BCUT2D eigenvalue weighted by Gasteiger charge is -2.13. The van der Waals surface area contributed by atoms with Gasteiger partial charge in [0.15, 0.2) is 5.78 Å². The van der Waals surface area contributed by atoms with E-state index in [1.54, 1.807) is 78.9 Å². The Balaban J connectivity index is 2.03. The minimum absolute atomic E-state index is 0.00388. The first-order valence-corrected chi connectivity index (χ1v) is 10.3. The van der Waals surface area contributed by atoms with E-state index in [1.165, 1.54) is 6.20 Å². The summed E-state index contributed by atoms with van der Waals surface area (Å²) in [5.74, 6) is -0.371. The Kier molecular flexibility index (Phi) is 4.53. The molecule has 4 rings (SSSR count). The molecule has 0 radical (unpaired) electrons. The lowest BCUT2D eigenvalue weighted by molar-refractivity contribution is 0.103. The van der Waals surface area contributed by atoms with Crippen LogP contribution >= 0.6 is 0 Å². The molecule has 1 aromatic heterocycles. The van der Waals surface area contributed by atoms with Gasteiger partial charge in [-0.05, 0) is 25.1 Å². The summed E-state index contributed by atoms with van der Waals surface area (Å²) in [6.07, 6.45) is 1.36. The van der Waals surface area contributed by atoms with Gasteiger partial charge in [-0.25, -0.2) is 8.42 Å². The molecule has 0 N–H and O–H groups in total. The molecule has 4 aromatic rings. The van der Waals surface area contributed by atoms with Crippen molar-refractivity contribution in [1.29, 1.82) is 0 Å². The molecule has 3 aromatic carbocycles. The molecule has 0 aliphatic rings. The van der Waals surface area contributed by atoms with Gasteiger partial charge in [-0.2, -0.15) is 0 Å². The average Bonchev–Trinajstić information content (AvgIpc) is 2.73. The van der Waals surface area contributed by atoms with E-state index in [1.807, 2.05) is 6.92 Å². The number of benzene rings is 3. The van der Waals surface area contributed by atoms with Crippen LogP contribution in [0.5, 0.6) is 0 Å². The Hall–Kier alpha value is -3.31. The van der Waals surface area contributed by atoms with Crippen LogP contribution in [-0.4, -0.2) is 19.2 Å². The normalized spacial score (nSPS) is 11.5. The fraction of sp³-hybridized carbons (Fsp3) is 0.0435. The van der Waals surface area contributed by atoms with Crippen LogP contribution in [0.4, 0.5) is 0 Å². The second-order valence-electron chi connectivity index (χ2n) is 6.53. The highest BCUT2D eigenvalue weighted by Gasteiger charge is 2.28. The predicted octanol–water partition coefficient (Wildman–Crippen LogP) is 4.61. The molecule has 0 aliphatic heterocycles. The number of hydrogen-bond acceptors (Lipinski definition) is 4. The van der Waals surface area contributed by atoms with Crippen molar-refractivity contribution < 1.29 is 13.2 Å². The van der Waals surface area contributed by atoms with Gasteiger partial charge in [0.05, 0.1) is 20.9 Å². The second-order valence-corrected chi connectivity index (χ2v) is 8.42. The quantitative estimate of drug-likeness (QED) is 0.480. The Morgan fingerprint density at radius 1 is 0.821 bits per heavy atom. The number of carbonyl (C=O) groups excluding carboxylic acids is 1. The molecular formula is C23H17NO3S. The summed E-state index contributed by atoms with van der Waals surface area (Å²) in [6.45, 7) is 1.89. The van der Waals surface area contributed by atoms with Crippen LogP contribution in [0.2, 0.25) is 0 Å². The van der Waals surface area contributed by atoms with Crippen LogP contribution in [0, 0.1) is 6.92 Å². The van der Waals surface area contributed by atoms with E-state index in [-0.39, 0.29) is 21.1 Å². The van der Waals surface area contributed by atoms with E-state index < -0.39 is 9.84 Å². The zero-order valence-corrected chi connectivity index (χ0v) is 16.0. The van der Waals surface area contributed by atoms with Crippen LogP contribution in [0.1, 0.15) is 21.5 Å². The third-order valence-electron chi connectivity index (χ3n) is 4.61. The molecule has 138 valence electrons. The van der Waals surface area contributed by atoms with E-state index in [0.717, 1.165) is 5.56 Å². The first-order chi connectivity index (χ1) is 13.5. The van der Waals surface area contributed by atoms with Gasteiger partial charge in [-0.1, -0.05) is 66.2 Å². The largest absolute Gasteiger partial charge is 0.289 e. The average molecular weight is 387 g/mol. The monoisotopic (exact) mass is 387 g/mol. The van der Waals surface area contributed by atoms with Crippen molar-refractivity contribution in [2.24, 2.45) is 0 Å². The van der Waals surface area contributed by atoms with E-state index in [4.69, 9.17) is 0 Å². The van der Waals surface area contributed by atoms with Gasteiger partial charge in [-0.3, -0.25) is 9.78 Å². The number of para-hydroxylation sites is 1. The maximum Gasteiger partial charge on any atom is 0.208 e. The third kappa shape index (κ3) is 3.10. The zero-order chi connectivity index (χ0) is 19.7. The SMILES string of the molecule is Cc1ccc(S(=O)(=O)c2c(C(=O)c3ccccc3)cnc3ccccc23)cc1. The molecule has 5 heteroatoms. The summed E-state index contributed by atoms with van der Waals surface area (Å²) in [7, 11) is -3.93. The Labute approximate surface area is 163 Å². The molecule has 0 amide bonds. The van der Waals surface area contributed by atoms with Crippen molar-refractivity contribution in [3.8, 4) is 0 Å². The lowest BCUT2D eigenvalue weighted by Crippen LogP contribution is -2.12. The summed E-state index contributed by atoms with van der Waals surface area (Å²) in [4.78, 5) is 17.6. The molecule has 0 spiro atoms. The topological polar surface area (TPSA) is 64.1 Å². The molecule has 0 unspecified atom stereocenters. The number of ketones is 1. The number of rotatable bonds is 4.